The van der Waals surface area contributed by atoms with Crippen molar-refractivity contribution in [2.24, 2.45) is 4.99 Å². The number of methoxy groups -OCH3 is 1. The second kappa shape index (κ2) is 11.1. The van der Waals surface area contributed by atoms with Crippen molar-refractivity contribution in [3.63, 3.8) is 0 Å². The molecule has 0 radical (unpaired) electrons. The standard InChI is InChI=1S/C27H23BrN2O6S/c1-5-12-35-26(33)23-15(2)29-27-30(24(23)17-6-9-20(34-4)10-7-17)25(32)22(37-27)14-18-13-19(28)8-11-21(18)36-16(3)31/h5-11,13-14,24H,1,12H2,2-4H3/b22-14-. The number of carbonyl (C=O) groups is 2. The van der Waals surface area contributed by atoms with Crippen LogP contribution >= 0.6 is 27.3 Å². The predicted octanol–water partition coefficient (Wildman–Crippen LogP) is 3.66. The van der Waals surface area contributed by atoms with Crippen molar-refractivity contribution in [1.29, 1.82) is 0 Å². The first-order chi connectivity index (χ1) is 17.7. The molecule has 190 valence electrons. The van der Waals surface area contributed by atoms with Gasteiger partial charge in [0.2, 0.25) is 0 Å². The van der Waals surface area contributed by atoms with Crippen LogP contribution in [0.4, 0.5) is 0 Å². The zero-order chi connectivity index (χ0) is 26.7. The normalized spacial score (nSPS) is 15.0. The Bertz CT molecular complexity index is 1600. The Labute approximate surface area is 225 Å². The van der Waals surface area contributed by atoms with Gasteiger partial charge in [-0.3, -0.25) is 14.2 Å². The lowest BCUT2D eigenvalue weighted by Crippen LogP contribution is -2.39. The Morgan fingerprint density at radius 1 is 1.22 bits per heavy atom. The lowest BCUT2D eigenvalue weighted by Gasteiger charge is -2.24. The van der Waals surface area contributed by atoms with Gasteiger partial charge in [0.05, 0.1) is 29.0 Å². The maximum absolute atomic E-state index is 13.8. The first kappa shape index (κ1) is 26.3. The molecule has 4 rings (SSSR count). The fraction of sp³-hybridized carbons (Fsp3) is 0.185. The SMILES string of the molecule is C=CCOC(=O)C1=C(C)N=c2s/c(=C\c3cc(Br)ccc3OC(C)=O)c(=O)n2C1c1ccc(OC)cc1. The molecule has 1 aliphatic rings. The number of fused-ring (bicyclic) bond motifs is 1. The van der Waals surface area contributed by atoms with Crippen LogP contribution < -0.4 is 24.4 Å². The van der Waals surface area contributed by atoms with Crippen molar-refractivity contribution in [3.8, 4) is 11.5 Å². The Kier molecular flexibility index (Phi) is 7.89. The maximum Gasteiger partial charge on any atom is 0.338 e. The molecule has 1 atom stereocenters. The van der Waals surface area contributed by atoms with Crippen LogP contribution in [0.25, 0.3) is 6.08 Å². The average Bonchev–Trinajstić information content (AvgIpc) is 3.17. The van der Waals surface area contributed by atoms with E-state index >= 15 is 0 Å². The number of rotatable bonds is 7. The summed E-state index contributed by atoms with van der Waals surface area (Å²) in [5.41, 5.74) is 1.59. The molecular weight excluding hydrogens is 560 g/mol. The van der Waals surface area contributed by atoms with E-state index in [0.717, 1.165) is 4.47 Å². The van der Waals surface area contributed by atoms with Crippen molar-refractivity contribution >= 4 is 45.3 Å². The van der Waals surface area contributed by atoms with Crippen LogP contribution in [0.15, 0.2) is 80.6 Å². The van der Waals surface area contributed by atoms with E-state index in [1.807, 2.05) is 0 Å². The lowest BCUT2D eigenvalue weighted by atomic mass is 9.96. The summed E-state index contributed by atoms with van der Waals surface area (Å²) >= 11 is 4.60. The molecule has 2 heterocycles. The Hall–Kier alpha value is -3.76. The van der Waals surface area contributed by atoms with Crippen molar-refractivity contribution < 1.29 is 23.8 Å². The van der Waals surface area contributed by atoms with Gasteiger partial charge in [0.25, 0.3) is 5.56 Å². The molecule has 1 aromatic heterocycles. The van der Waals surface area contributed by atoms with Gasteiger partial charge in [-0.1, -0.05) is 52.1 Å². The second-order valence-corrected chi connectivity index (χ2v) is 9.94. The van der Waals surface area contributed by atoms with Crippen LogP contribution in [0.5, 0.6) is 11.5 Å². The molecule has 2 aromatic carbocycles. The summed E-state index contributed by atoms with van der Waals surface area (Å²) in [7, 11) is 1.56. The molecule has 0 saturated carbocycles. The van der Waals surface area contributed by atoms with Crippen LogP contribution in [0.3, 0.4) is 0 Å². The highest BCUT2D eigenvalue weighted by Gasteiger charge is 2.33. The van der Waals surface area contributed by atoms with Gasteiger partial charge < -0.3 is 14.2 Å². The van der Waals surface area contributed by atoms with Crippen LogP contribution in [0.2, 0.25) is 0 Å². The minimum absolute atomic E-state index is 0.0250. The molecule has 0 saturated heterocycles. The van der Waals surface area contributed by atoms with Gasteiger partial charge in [0.1, 0.15) is 18.1 Å². The van der Waals surface area contributed by atoms with Crippen LogP contribution in [-0.4, -0.2) is 30.2 Å². The summed E-state index contributed by atoms with van der Waals surface area (Å²) in [5, 5.41) is 0. The summed E-state index contributed by atoms with van der Waals surface area (Å²) in [4.78, 5) is 43.5. The number of esters is 2. The number of aromatic nitrogens is 1. The van der Waals surface area contributed by atoms with E-state index in [-0.39, 0.29) is 17.7 Å². The predicted molar refractivity (Wildman–Crippen MR) is 143 cm³/mol. The summed E-state index contributed by atoms with van der Waals surface area (Å²) in [6.45, 7) is 6.64. The van der Waals surface area contributed by atoms with E-state index in [4.69, 9.17) is 14.2 Å². The smallest absolute Gasteiger partial charge is 0.338 e. The number of allylic oxidation sites excluding steroid dienone is 1. The molecule has 0 spiro atoms. The average molecular weight is 583 g/mol. The maximum atomic E-state index is 13.8. The van der Waals surface area contributed by atoms with Gasteiger partial charge in [-0.15, -0.1) is 0 Å². The number of hydrogen-bond donors (Lipinski definition) is 0. The zero-order valence-electron chi connectivity index (χ0n) is 20.3. The van der Waals surface area contributed by atoms with E-state index in [0.29, 0.717) is 37.7 Å². The third-order valence-electron chi connectivity index (χ3n) is 5.52. The molecule has 0 amide bonds. The minimum Gasteiger partial charge on any atom is -0.497 e. The molecule has 37 heavy (non-hydrogen) atoms. The number of carbonyl (C=O) groups excluding carboxylic acids is 2. The third kappa shape index (κ3) is 5.50. The molecule has 0 bridgehead atoms. The largest absolute Gasteiger partial charge is 0.497 e. The van der Waals surface area contributed by atoms with Crippen LogP contribution in [-0.2, 0) is 14.3 Å². The first-order valence-corrected chi connectivity index (χ1v) is 12.8. The summed E-state index contributed by atoms with van der Waals surface area (Å²) in [5.74, 6) is -0.102. The van der Waals surface area contributed by atoms with Crippen molar-refractivity contribution in [1.82, 2.24) is 4.57 Å². The number of ether oxygens (including phenoxy) is 3. The van der Waals surface area contributed by atoms with E-state index in [9.17, 15) is 14.4 Å². The van der Waals surface area contributed by atoms with Gasteiger partial charge >= 0.3 is 11.9 Å². The highest BCUT2D eigenvalue weighted by molar-refractivity contribution is 9.10. The van der Waals surface area contributed by atoms with Crippen LogP contribution in [0, 0.1) is 0 Å². The second-order valence-electron chi connectivity index (χ2n) is 8.02. The van der Waals surface area contributed by atoms with Gasteiger partial charge in [0, 0.05) is 17.0 Å². The van der Waals surface area contributed by atoms with Gasteiger partial charge in [-0.25, -0.2) is 9.79 Å². The molecule has 0 N–H and O–H groups in total. The summed E-state index contributed by atoms with van der Waals surface area (Å²) < 4.78 is 18.5. The molecule has 1 unspecified atom stereocenters. The van der Waals surface area contributed by atoms with Crippen LogP contribution in [0.1, 0.15) is 31.0 Å². The van der Waals surface area contributed by atoms with E-state index in [2.05, 4.69) is 27.5 Å². The quantitative estimate of drug-likeness (QED) is 0.240. The molecule has 10 heteroatoms. The topological polar surface area (TPSA) is 96.2 Å². The van der Waals surface area contributed by atoms with Gasteiger partial charge in [0.15, 0.2) is 4.80 Å². The van der Waals surface area contributed by atoms with E-state index in [1.54, 1.807) is 62.6 Å². The number of halogens is 1. The molecule has 0 fully saturated rings. The Morgan fingerprint density at radius 3 is 2.59 bits per heavy atom. The highest BCUT2D eigenvalue weighted by atomic mass is 79.9. The van der Waals surface area contributed by atoms with Crippen molar-refractivity contribution in [2.75, 3.05) is 13.7 Å². The lowest BCUT2D eigenvalue weighted by molar-refractivity contribution is -0.138. The van der Waals surface area contributed by atoms with E-state index < -0.39 is 18.0 Å². The fourth-order valence-corrected chi connectivity index (χ4v) is 5.33. The van der Waals surface area contributed by atoms with Gasteiger partial charge in [-0.2, -0.15) is 0 Å². The first-order valence-electron chi connectivity index (χ1n) is 11.2. The number of thiazole rings is 1. The molecule has 3 aromatic rings. The Balaban J connectivity index is 1.94. The zero-order valence-corrected chi connectivity index (χ0v) is 22.7. The highest BCUT2D eigenvalue weighted by Crippen LogP contribution is 2.32. The third-order valence-corrected chi connectivity index (χ3v) is 6.99. The monoisotopic (exact) mass is 582 g/mol. The van der Waals surface area contributed by atoms with Gasteiger partial charge in [-0.05, 0) is 48.9 Å². The Morgan fingerprint density at radius 2 is 1.95 bits per heavy atom. The summed E-state index contributed by atoms with van der Waals surface area (Å²) in [6, 6.07) is 11.5. The minimum atomic E-state index is -0.767. The molecular formula is C27H23BrN2O6S. The number of benzene rings is 2. The summed E-state index contributed by atoms with van der Waals surface area (Å²) in [6.07, 6.45) is 3.12. The number of nitrogens with zero attached hydrogens (tertiary/aromatic N) is 2. The fourth-order valence-electron chi connectivity index (χ4n) is 3.92. The molecule has 0 aliphatic carbocycles. The molecule has 1 aliphatic heterocycles. The van der Waals surface area contributed by atoms with Crippen molar-refractivity contribution in [2.45, 2.75) is 19.9 Å². The molecule has 8 nitrogen and oxygen atoms in total. The van der Waals surface area contributed by atoms with E-state index in [1.165, 1.54) is 28.9 Å². The van der Waals surface area contributed by atoms with Crippen molar-refractivity contribution in [3.05, 3.63) is 102 Å². The number of hydrogen-bond acceptors (Lipinski definition) is 8.